The van der Waals surface area contributed by atoms with Crippen molar-refractivity contribution in [3.63, 3.8) is 0 Å². The zero-order valence-corrected chi connectivity index (χ0v) is 15.6. The molecule has 1 atom stereocenters. The largest absolute Gasteiger partial charge is 0.324 e. The van der Waals surface area contributed by atoms with Gasteiger partial charge < -0.3 is 5.73 Å². The van der Waals surface area contributed by atoms with Crippen molar-refractivity contribution in [3.05, 3.63) is 108 Å². The predicted molar refractivity (Wildman–Crippen MR) is 113 cm³/mol. The van der Waals surface area contributed by atoms with E-state index in [0.29, 0.717) is 16.9 Å². The van der Waals surface area contributed by atoms with Crippen molar-refractivity contribution in [3.8, 4) is 0 Å². The average Bonchev–Trinajstić information content (AvgIpc) is 2.74. The molecule has 1 unspecified atom stereocenters. The first-order valence-electron chi connectivity index (χ1n) is 8.43. The summed E-state index contributed by atoms with van der Waals surface area (Å²) in [5.41, 5.74) is 8.71. The number of carbonyl (C=O) groups excluding carboxylic acids is 1. The van der Waals surface area contributed by atoms with Gasteiger partial charge in [-0.25, -0.2) is 9.69 Å². The van der Waals surface area contributed by atoms with Crippen LogP contribution < -0.4 is 5.73 Å². The minimum Gasteiger partial charge on any atom is -0.324 e. The molecule has 4 heteroatoms. The van der Waals surface area contributed by atoms with Crippen LogP contribution in [0.25, 0.3) is 9.69 Å². The van der Waals surface area contributed by atoms with Crippen LogP contribution in [0.4, 0.5) is 11.4 Å². The Balaban J connectivity index is 0.000000428. The molecular formula is C23H25N3O. The Hall–Kier alpha value is -3.47. The van der Waals surface area contributed by atoms with Crippen molar-refractivity contribution in [2.45, 2.75) is 25.8 Å². The predicted octanol–water partition coefficient (Wildman–Crippen LogP) is 6.45. The molecule has 0 aliphatic rings. The Morgan fingerprint density at radius 2 is 1.41 bits per heavy atom. The molecule has 2 aromatic rings. The molecule has 2 rings (SSSR count). The second-order valence-electron chi connectivity index (χ2n) is 5.35. The lowest BCUT2D eigenvalue weighted by molar-refractivity contribution is 0.112. The topological polar surface area (TPSA) is 51.8 Å². The highest BCUT2D eigenvalue weighted by molar-refractivity contribution is 5.75. The summed E-state index contributed by atoms with van der Waals surface area (Å²) in [5.74, 6) is 0. The van der Waals surface area contributed by atoms with Crippen LogP contribution in [0.3, 0.4) is 0 Å². The third kappa shape index (κ3) is 10.2. The molecule has 2 N–H and O–H groups in total. The Bertz CT molecular complexity index is 778. The second kappa shape index (κ2) is 14.8. The Labute approximate surface area is 162 Å². The molecule has 0 heterocycles. The number of aldehydes is 1. The standard InChI is InChI=1S/C11H12N2.C8H5NO.C4H8/c1-3-4-11(12)9-5-7-10(13-2)8-6-9;1-9-8-4-2-7(6-10)3-5-8;1-3-4-2/h3,5-8,11H,1,4,12H2;2-6H;3H,1,4H2,2H3. The van der Waals surface area contributed by atoms with Crippen molar-refractivity contribution in [2.75, 3.05) is 0 Å². The first kappa shape index (κ1) is 23.5. The SMILES string of the molecule is C=CCC.[C-]#[N+]c1ccc(C(N)CC=C)cc1.[C-]#[N+]c1ccc(C=O)cc1. The highest BCUT2D eigenvalue weighted by atomic mass is 16.1. The van der Waals surface area contributed by atoms with Gasteiger partial charge in [0.15, 0.2) is 11.4 Å². The maximum Gasteiger partial charge on any atom is 0.187 e. The van der Waals surface area contributed by atoms with E-state index in [0.717, 1.165) is 24.7 Å². The van der Waals surface area contributed by atoms with Gasteiger partial charge >= 0.3 is 0 Å². The van der Waals surface area contributed by atoms with Crippen LogP contribution in [-0.2, 0) is 0 Å². The van der Waals surface area contributed by atoms with Crippen molar-refractivity contribution in [2.24, 2.45) is 5.73 Å². The van der Waals surface area contributed by atoms with E-state index in [1.54, 1.807) is 42.5 Å². The molecule has 4 nitrogen and oxygen atoms in total. The maximum absolute atomic E-state index is 10.1. The van der Waals surface area contributed by atoms with Crippen molar-refractivity contribution >= 4 is 17.7 Å². The number of allylic oxidation sites excluding steroid dienone is 1. The van der Waals surface area contributed by atoms with E-state index in [-0.39, 0.29) is 6.04 Å². The number of hydrogen-bond acceptors (Lipinski definition) is 2. The quantitative estimate of drug-likeness (QED) is 0.379. The minimum absolute atomic E-state index is 0.00252. The molecule has 0 spiro atoms. The summed E-state index contributed by atoms with van der Waals surface area (Å²) in [6.45, 7) is 22.6. The molecule has 0 saturated carbocycles. The maximum atomic E-state index is 10.1. The van der Waals surface area contributed by atoms with Gasteiger partial charge in [0.1, 0.15) is 6.29 Å². The minimum atomic E-state index is -0.00252. The summed E-state index contributed by atoms with van der Waals surface area (Å²) in [6, 6.07) is 13.8. The number of hydrogen-bond donors (Lipinski definition) is 1. The van der Waals surface area contributed by atoms with Gasteiger partial charge in [-0.2, -0.15) is 0 Å². The van der Waals surface area contributed by atoms with E-state index in [9.17, 15) is 4.79 Å². The number of carbonyl (C=O) groups is 1. The molecule has 0 aliphatic carbocycles. The molecule has 2 aromatic carbocycles. The smallest absolute Gasteiger partial charge is 0.187 e. The molecule has 0 fully saturated rings. The van der Waals surface area contributed by atoms with Crippen molar-refractivity contribution in [1.82, 2.24) is 0 Å². The molecule has 0 bridgehead atoms. The van der Waals surface area contributed by atoms with Crippen molar-refractivity contribution < 1.29 is 4.79 Å². The Kier molecular flexibility index (Phi) is 12.9. The van der Waals surface area contributed by atoms with E-state index in [4.69, 9.17) is 18.9 Å². The van der Waals surface area contributed by atoms with Crippen LogP contribution in [0.2, 0.25) is 0 Å². The van der Waals surface area contributed by atoms with Gasteiger partial charge in [0.25, 0.3) is 0 Å². The fraction of sp³-hybridized carbons (Fsp3) is 0.174. The summed E-state index contributed by atoms with van der Waals surface area (Å²) in [5, 5.41) is 0. The monoisotopic (exact) mass is 359 g/mol. The van der Waals surface area contributed by atoms with Crippen LogP contribution >= 0.6 is 0 Å². The zero-order chi connectivity index (χ0) is 20.5. The van der Waals surface area contributed by atoms with Crippen LogP contribution in [0.15, 0.2) is 73.8 Å². The summed E-state index contributed by atoms with van der Waals surface area (Å²) in [6.07, 6.45) is 6.28. The first-order valence-corrected chi connectivity index (χ1v) is 8.43. The third-order valence-electron chi connectivity index (χ3n) is 3.32. The van der Waals surface area contributed by atoms with Gasteiger partial charge in [-0.15, -0.1) is 13.2 Å². The fourth-order valence-electron chi connectivity index (χ4n) is 1.74. The van der Waals surface area contributed by atoms with Crippen LogP contribution in [0.1, 0.15) is 41.7 Å². The van der Waals surface area contributed by atoms with Gasteiger partial charge in [-0.05, 0) is 18.4 Å². The Morgan fingerprint density at radius 1 is 0.963 bits per heavy atom. The highest BCUT2D eigenvalue weighted by Gasteiger charge is 2.02. The summed E-state index contributed by atoms with van der Waals surface area (Å²) >= 11 is 0. The number of rotatable bonds is 5. The Morgan fingerprint density at radius 3 is 1.74 bits per heavy atom. The number of nitrogens with two attached hydrogens (primary N) is 1. The summed E-state index contributed by atoms with van der Waals surface area (Å²) in [4.78, 5) is 16.6. The average molecular weight is 359 g/mol. The fourth-order valence-corrected chi connectivity index (χ4v) is 1.74. The van der Waals surface area contributed by atoms with E-state index in [2.05, 4.69) is 29.8 Å². The summed E-state index contributed by atoms with van der Waals surface area (Å²) in [7, 11) is 0. The zero-order valence-electron chi connectivity index (χ0n) is 15.6. The van der Waals surface area contributed by atoms with E-state index >= 15 is 0 Å². The molecule has 138 valence electrons. The molecule has 0 amide bonds. The molecule has 0 radical (unpaired) electrons. The lowest BCUT2D eigenvalue weighted by atomic mass is 10.0. The van der Waals surface area contributed by atoms with E-state index < -0.39 is 0 Å². The van der Waals surface area contributed by atoms with E-state index in [1.807, 2.05) is 18.2 Å². The van der Waals surface area contributed by atoms with Crippen LogP contribution in [-0.4, -0.2) is 6.29 Å². The van der Waals surface area contributed by atoms with Crippen molar-refractivity contribution in [1.29, 1.82) is 0 Å². The van der Waals surface area contributed by atoms with Gasteiger partial charge in [0.2, 0.25) is 0 Å². The highest BCUT2D eigenvalue weighted by Crippen LogP contribution is 2.18. The van der Waals surface area contributed by atoms with Gasteiger partial charge in [0.05, 0.1) is 13.1 Å². The van der Waals surface area contributed by atoms with Gasteiger partial charge in [-0.3, -0.25) is 4.79 Å². The molecule has 27 heavy (non-hydrogen) atoms. The lowest BCUT2D eigenvalue weighted by Gasteiger charge is -2.08. The van der Waals surface area contributed by atoms with Crippen LogP contribution in [0, 0.1) is 13.1 Å². The second-order valence-corrected chi connectivity index (χ2v) is 5.35. The third-order valence-corrected chi connectivity index (χ3v) is 3.32. The normalized spacial score (nSPS) is 9.63. The van der Waals surface area contributed by atoms with Gasteiger partial charge in [-0.1, -0.05) is 67.6 Å². The molecule has 0 aliphatic heterocycles. The van der Waals surface area contributed by atoms with Crippen LogP contribution in [0.5, 0.6) is 0 Å². The van der Waals surface area contributed by atoms with E-state index in [1.165, 1.54) is 0 Å². The lowest BCUT2D eigenvalue weighted by Crippen LogP contribution is -2.08. The first-order chi connectivity index (χ1) is 13.1. The number of nitrogens with zero attached hydrogens (tertiary/aromatic N) is 2. The number of benzene rings is 2. The van der Waals surface area contributed by atoms with Gasteiger partial charge in [0, 0.05) is 11.6 Å². The molecular weight excluding hydrogens is 334 g/mol. The molecule has 0 aromatic heterocycles. The molecule has 0 saturated heterocycles. The summed E-state index contributed by atoms with van der Waals surface area (Å²) < 4.78 is 0.